The lowest BCUT2D eigenvalue weighted by Crippen LogP contribution is -2.29. The van der Waals surface area contributed by atoms with E-state index in [0.29, 0.717) is 31.1 Å². The third-order valence-electron chi connectivity index (χ3n) is 5.24. The molecule has 1 fully saturated rings. The molecule has 1 N–H and O–H groups in total. The number of aromatic amines is 1. The van der Waals surface area contributed by atoms with E-state index in [9.17, 15) is 4.79 Å². The topological polar surface area (TPSA) is 88.9 Å². The van der Waals surface area contributed by atoms with Gasteiger partial charge in [-0.1, -0.05) is 30.3 Å². The van der Waals surface area contributed by atoms with Crippen LogP contribution in [0, 0.1) is 12.8 Å². The molecule has 0 unspecified atom stereocenters. The first-order valence-electron chi connectivity index (χ1n) is 9.33. The van der Waals surface area contributed by atoms with Crippen LogP contribution in [0.4, 0.5) is 0 Å². The maximum Gasteiger partial charge on any atom is 0.257 e. The summed E-state index contributed by atoms with van der Waals surface area (Å²) >= 11 is 0. The van der Waals surface area contributed by atoms with Gasteiger partial charge in [0.2, 0.25) is 0 Å². The summed E-state index contributed by atoms with van der Waals surface area (Å²) in [4.78, 5) is 19.6. The summed E-state index contributed by atoms with van der Waals surface area (Å²) in [6, 6.07) is 9.85. The van der Waals surface area contributed by atoms with Crippen molar-refractivity contribution in [3.63, 3.8) is 0 Å². The third-order valence-corrected chi connectivity index (χ3v) is 5.24. The number of carbonyl (C=O) groups is 1. The summed E-state index contributed by atoms with van der Waals surface area (Å²) in [5.74, 6) is 1.66. The van der Waals surface area contributed by atoms with Gasteiger partial charge in [-0.25, -0.2) is 4.98 Å². The van der Waals surface area contributed by atoms with Crippen LogP contribution in [-0.4, -0.2) is 62.6 Å². The fourth-order valence-electron chi connectivity index (χ4n) is 3.87. The number of aromatic nitrogens is 5. The number of aryl methyl sites for hydroxylation is 2. The summed E-state index contributed by atoms with van der Waals surface area (Å²) in [7, 11) is 3.51. The van der Waals surface area contributed by atoms with Crippen molar-refractivity contribution >= 4 is 5.91 Å². The highest BCUT2D eigenvalue weighted by atomic mass is 16.5. The second-order valence-electron chi connectivity index (χ2n) is 7.24. The molecular formula is C20H24N6O2. The molecule has 1 amide bonds. The van der Waals surface area contributed by atoms with E-state index >= 15 is 0 Å². The molecule has 0 spiro atoms. The molecule has 0 saturated carbocycles. The van der Waals surface area contributed by atoms with Crippen molar-refractivity contribution in [2.45, 2.75) is 12.8 Å². The lowest BCUT2D eigenvalue weighted by molar-refractivity contribution is 0.0774. The molecule has 146 valence electrons. The Morgan fingerprint density at radius 1 is 1.29 bits per heavy atom. The van der Waals surface area contributed by atoms with Crippen LogP contribution in [0.1, 0.15) is 27.8 Å². The number of likely N-dealkylation sites (tertiary alicyclic amines) is 1. The third kappa shape index (κ3) is 3.43. The predicted molar refractivity (Wildman–Crippen MR) is 104 cm³/mol. The van der Waals surface area contributed by atoms with Crippen molar-refractivity contribution in [2.24, 2.45) is 13.0 Å². The Bertz CT molecular complexity index is 964. The SMILES string of the molecule is COC[C@@H]1CN(C(=O)c2cn(C)nc2C)C[C@H]1c1nc(-c2ccccc2)n[nH]1. The minimum atomic E-state index is -0.00278. The Hall–Kier alpha value is -3.00. The molecule has 1 saturated heterocycles. The van der Waals surface area contributed by atoms with Gasteiger partial charge in [-0.2, -0.15) is 10.2 Å². The van der Waals surface area contributed by atoms with Crippen molar-refractivity contribution in [3.8, 4) is 11.4 Å². The molecule has 2 aromatic heterocycles. The van der Waals surface area contributed by atoms with Crippen molar-refractivity contribution < 1.29 is 9.53 Å². The van der Waals surface area contributed by atoms with Crippen LogP contribution in [0.5, 0.6) is 0 Å². The number of methoxy groups -OCH3 is 1. The molecule has 0 bridgehead atoms. The smallest absolute Gasteiger partial charge is 0.257 e. The number of nitrogens with one attached hydrogen (secondary N) is 1. The fourth-order valence-corrected chi connectivity index (χ4v) is 3.87. The highest BCUT2D eigenvalue weighted by molar-refractivity contribution is 5.95. The number of hydrogen-bond acceptors (Lipinski definition) is 5. The number of benzene rings is 1. The number of amides is 1. The molecule has 28 heavy (non-hydrogen) atoms. The summed E-state index contributed by atoms with van der Waals surface area (Å²) in [6.07, 6.45) is 1.78. The molecule has 2 atom stereocenters. The Balaban J connectivity index is 1.57. The first-order valence-corrected chi connectivity index (χ1v) is 9.33. The van der Waals surface area contributed by atoms with Gasteiger partial charge in [0.05, 0.1) is 17.9 Å². The second kappa shape index (κ2) is 7.55. The maximum absolute atomic E-state index is 13.0. The zero-order valence-electron chi connectivity index (χ0n) is 16.3. The van der Waals surface area contributed by atoms with Gasteiger partial charge < -0.3 is 9.64 Å². The van der Waals surface area contributed by atoms with E-state index in [1.807, 2.05) is 49.2 Å². The standard InChI is InChI=1S/C20H24N6O2/c1-13-16(10-25(2)24-13)20(27)26-9-15(12-28-3)17(11-26)19-21-18(22-23-19)14-7-5-4-6-8-14/h4-8,10,15,17H,9,11-12H2,1-3H3,(H,21,22,23)/t15-,17+/m0/s1. The van der Waals surface area contributed by atoms with Gasteiger partial charge in [0, 0.05) is 50.8 Å². The Morgan fingerprint density at radius 3 is 2.75 bits per heavy atom. The monoisotopic (exact) mass is 380 g/mol. The first-order chi connectivity index (χ1) is 13.6. The zero-order valence-corrected chi connectivity index (χ0v) is 16.3. The van der Waals surface area contributed by atoms with Gasteiger partial charge in [-0.15, -0.1) is 0 Å². The Kier molecular flexibility index (Phi) is 4.95. The van der Waals surface area contributed by atoms with Crippen molar-refractivity contribution in [2.75, 3.05) is 26.8 Å². The minimum absolute atomic E-state index is 0.00278. The number of rotatable bonds is 5. The molecule has 8 heteroatoms. The van der Waals surface area contributed by atoms with Crippen LogP contribution >= 0.6 is 0 Å². The first kappa shape index (κ1) is 18.4. The molecule has 4 rings (SSSR count). The van der Waals surface area contributed by atoms with Gasteiger partial charge in [-0.05, 0) is 6.92 Å². The molecule has 8 nitrogen and oxygen atoms in total. The van der Waals surface area contributed by atoms with Crippen LogP contribution in [-0.2, 0) is 11.8 Å². The van der Waals surface area contributed by atoms with E-state index in [4.69, 9.17) is 9.72 Å². The second-order valence-corrected chi connectivity index (χ2v) is 7.24. The van der Waals surface area contributed by atoms with Crippen molar-refractivity contribution in [1.82, 2.24) is 29.9 Å². The summed E-state index contributed by atoms with van der Waals surface area (Å²) in [5, 5.41) is 11.7. The molecule has 0 aliphatic carbocycles. The summed E-state index contributed by atoms with van der Waals surface area (Å²) in [5.41, 5.74) is 2.34. The van der Waals surface area contributed by atoms with E-state index in [0.717, 1.165) is 17.1 Å². The molecule has 1 aliphatic heterocycles. The molecule has 3 aromatic rings. The number of ether oxygens (including phenoxy) is 1. The van der Waals surface area contributed by atoms with Crippen LogP contribution in [0.15, 0.2) is 36.5 Å². The lowest BCUT2D eigenvalue weighted by atomic mass is 9.96. The average Bonchev–Trinajstić information content (AvgIpc) is 3.40. The van der Waals surface area contributed by atoms with Gasteiger partial charge in [0.25, 0.3) is 5.91 Å². The highest BCUT2D eigenvalue weighted by Crippen LogP contribution is 2.33. The van der Waals surface area contributed by atoms with Gasteiger partial charge in [-0.3, -0.25) is 14.6 Å². The van der Waals surface area contributed by atoms with Crippen molar-refractivity contribution in [1.29, 1.82) is 0 Å². The van der Waals surface area contributed by atoms with Crippen LogP contribution in [0.25, 0.3) is 11.4 Å². The van der Waals surface area contributed by atoms with Crippen molar-refractivity contribution in [3.05, 3.63) is 53.6 Å². The van der Waals surface area contributed by atoms with E-state index in [1.54, 1.807) is 18.0 Å². The molecular weight excluding hydrogens is 356 g/mol. The normalized spacial score (nSPS) is 19.3. The predicted octanol–water partition coefficient (Wildman–Crippen LogP) is 2.02. The fraction of sp³-hybridized carbons (Fsp3) is 0.400. The van der Waals surface area contributed by atoms with E-state index in [2.05, 4.69) is 15.3 Å². The van der Waals surface area contributed by atoms with Crippen LogP contribution in [0.2, 0.25) is 0 Å². The number of carbonyl (C=O) groups excluding carboxylic acids is 1. The maximum atomic E-state index is 13.0. The highest BCUT2D eigenvalue weighted by Gasteiger charge is 2.39. The minimum Gasteiger partial charge on any atom is -0.384 e. The lowest BCUT2D eigenvalue weighted by Gasteiger charge is -2.15. The molecule has 1 aromatic carbocycles. The van der Waals surface area contributed by atoms with E-state index in [-0.39, 0.29) is 17.7 Å². The largest absolute Gasteiger partial charge is 0.384 e. The Morgan fingerprint density at radius 2 is 2.07 bits per heavy atom. The van der Waals surface area contributed by atoms with Gasteiger partial charge in [0.1, 0.15) is 5.82 Å². The molecule has 3 heterocycles. The summed E-state index contributed by atoms with van der Waals surface area (Å²) in [6.45, 7) is 3.61. The van der Waals surface area contributed by atoms with Crippen LogP contribution < -0.4 is 0 Å². The zero-order chi connectivity index (χ0) is 19.7. The average molecular weight is 380 g/mol. The van der Waals surface area contributed by atoms with Crippen LogP contribution in [0.3, 0.4) is 0 Å². The van der Waals surface area contributed by atoms with E-state index < -0.39 is 0 Å². The quantitative estimate of drug-likeness (QED) is 0.731. The van der Waals surface area contributed by atoms with E-state index in [1.165, 1.54) is 0 Å². The Labute approximate surface area is 163 Å². The summed E-state index contributed by atoms with van der Waals surface area (Å²) < 4.78 is 7.09. The molecule has 0 radical (unpaired) electrons. The molecule has 1 aliphatic rings. The van der Waals surface area contributed by atoms with Gasteiger partial charge in [0.15, 0.2) is 5.82 Å². The number of nitrogens with zero attached hydrogens (tertiary/aromatic N) is 5. The number of hydrogen-bond donors (Lipinski definition) is 1. The number of H-pyrrole nitrogens is 1. The van der Waals surface area contributed by atoms with Gasteiger partial charge >= 0.3 is 0 Å².